The van der Waals surface area contributed by atoms with Crippen molar-refractivity contribution in [1.29, 1.82) is 0 Å². The van der Waals surface area contributed by atoms with Gasteiger partial charge in [0.1, 0.15) is 23.7 Å². The van der Waals surface area contributed by atoms with Crippen molar-refractivity contribution in [3.05, 3.63) is 143 Å². The van der Waals surface area contributed by atoms with Crippen molar-refractivity contribution in [3.8, 4) is 34.5 Å². The number of ether oxygens (including phenoxy) is 6. The molecular formula is C47H38F8N2O12. The van der Waals surface area contributed by atoms with Crippen molar-refractivity contribution in [3.63, 3.8) is 0 Å². The summed E-state index contributed by atoms with van der Waals surface area (Å²) in [5.74, 6) is -7.31. The number of nitrogen functional groups attached to an aromatic ring is 2. The Morgan fingerprint density at radius 2 is 0.942 bits per heavy atom. The van der Waals surface area contributed by atoms with Gasteiger partial charge in [0.25, 0.3) is 0 Å². The average molecular weight is 975 g/mol. The van der Waals surface area contributed by atoms with Gasteiger partial charge in [0, 0.05) is 11.4 Å². The highest BCUT2D eigenvalue weighted by atomic mass is 19.3. The third-order valence-electron chi connectivity index (χ3n) is 9.59. The summed E-state index contributed by atoms with van der Waals surface area (Å²) in [7, 11) is 2.45. The summed E-state index contributed by atoms with van der Waals surface area (Å²) in [4.78, 5) is 52.5. The van der Waals surface area contributed by atoms with E-state index in [4.69, 9.17) is 30.4 Å². The summed E-state index contributed by atoms with van der Waals surface area (Å²) in [5, 5.41) is 22.8. The van der Waals surface area contributed by atoms with Crippen LogP contribution in [-0.4, -0.2) is 85.2 Å². The molecule has 0 bridgehead atoms. The first-order chi connectivity index (χ1) is 32.5. The monoisotopic (exact) mass is 974 g/mol. The van der Waals surface area contributed by atoms with Crippen LogP contribution in [0.1, 0.15) is 43.3 Å². The third-order valence-corrected chi connectivity index (χ3v) is 9.59. The van der Waals surface area contributed by atoms with Gasteiger partial charge in [0.05, 0.1) is 31.3 Å². The highest BCUT2D eigenvalue weighted by Crippen LogP contribution is 2.35. The van der Waals surface area contributed by atoms with Crippen LogP contribution in [0.4, 0.5) is 46.5 Å². The lowest BCUT2D eigenvalue weighted by Gasteiger charge is -2.26. The maximum Gasteiger partial charge on any atom is 0.461 e. The molecule has 0 radical (unpaired) electrons. The van der Waals surface area contributed by atoms with Crippen molar-refractivity contribution in [2.24, 2.45) is 0 Å². The molecule has 0 aliphatic rings. The molecule has 6 N–H and O–H groups in total. The van der Waals surface area contributed by atoms with Crippen molar-refractivity contribution >= 4 is 47.0 Å². The fourth-order valence-corrected chi connectivity index (χ4v) is 6.10. The van der Waals surface area contributed by atoms with Gasteiger partial charge in [0.15, 0.2) is 34.6 Å². The Morgan fingerprint density at radius 1 is 0.551 bits per heavy atom. The van der Waals surface area contributed by atoms with Crippen molar-refractivity contribution < 1.29 is 92.9 Å². The molecule has 0 saturated carbocycles. The molecule has 0 aliphatic carbocycles. The van der Waals surface area contributed by atoms with Gasteiger partial charge < -0.3 is 50.1 Å². The molecule has 5 aromatic rings. The third kappa shape index (κ3) is 13.4. The van der Waals surface area contributed by atoms with Crippen molar-refractivity contribution in [2.45, 2.75) is 43.2 Å². The second kappa shape index (κ2) is 22.2. The molecule has 0 fully saturated rings. The number of aliphatic hydroxyl groups excluding tert-OH is 2. The van der Waals surface area contributed by atoms with Crippen molar-refractivity contribution in [1.82, 2.24) is 0 Å². The number of carbonyl (C=O) groups excluding carboxylic acids is 4. The van der Waals surface area contributed by atoms with E-state index in [1.165, 1.54) is 81.0 Å². The molecule has 69 heavy (non-hydrogen) atoms. The Kier molecular flexibility index (Phi) is 16.7. The Bertz CT molecular complexity index is 2560. The minimum atomic E-state index is -4.76. The van der Waals surface area contributed by atoms with Crippen LogP contribution in [0.5, 0.6) is 34.5 Å². The first-order valence-electron chi connectivity index (χ1n) is 19.7. The highest BCUT2D eigenvalue weighted by Gasteiger charge is 2.45. The molecule has 14 nitrogen and oxygen atoms in total. The summed E-state index contributed by atoms with van der Waals surface area (Å²) in [6, 6.07) is 19.4. The second-order valence-corrected chi connectivity index (χ2v) is 14.4. The quantitative estimate of drug-likeness (QED) is 0.0180. The number of halogens is 8. The molecule has 0 saturated heterocycles. The van der Waals surface area contributed by atoms with Gasteiger partial charge >= 0.3 is 37.0 Å². The number of aliphatic hydroxyl groups is 2. The molecule has 5 rings (SSSR count). The second-order valence-electron chi connectivity index (χ2n) is 14.4. The number of nitrogens with two attached hydrogens (primary N) is 2. The highest BCUT2D eigenvalue weighted by molar-refractivity contribution is 6.01. The largest absolute Gasteiger partial charge is 0.493 e. The molecule has 0 aliphatic heterocycles. The number of hydrogen-bond donors (Lipinski definition) is 4. The summed E-state index contributed by atoms with van der Waals surface area (Å²) >= 11 is 0. The van der Waals surface area contributed by atoms with E-state index in [1.807, 2.05) is 0 Å². The van der Waals surface area contributed by atoms with E-state index < -0.39 is 78.2 Å². The van der Waals surface area contributed by atoms with Crippen LogP contribution >= 0.6 is 0 Å². The summed E-state index contributed by atoms with van der Waals surface area (Å²) < 4.78 is 132. The zero-order valence-electron chi connectivity index (χ0n) is 35.7. The van der Waals surface area contributed by atoms with Crippen LogP contribution in [0.2, 0.25) is 0 Å². The number of methoxy groups -OCH3 is 2. The van der Waals surface area contributed by atoms with Gasteiger partial charge in [0.2, 0.25) is 0 Å². The summed E-state index contributed by atoms with van der Waals surface area (Å²) in [6.45, 7) is 0. The van der Waals surface area contributed by atoms with Crippen LogP contribution in [0, 0.1) is 0 Å². The normalized spacial score (nSPS) is 13.2. The van der Waals surface area contributed by atoms with E-state index in [1.54, 1.807) is 0 Å². The Hall–Kier alpha value is -7.98. The van der Waals surface area contributed by atoms with Gasteiger partial charge in [-0.05, 0) is 114 Å². The summed E-state index contributed by atoms with van der Waals surface area (Å²) in [5.41, 5.74) is 12.3. The Morgan fingerprint density at radius 3 is 1.29 bits per heavy atom. The maximum atomic E-state index is 13.5. The predicted octanol–water partition coefficient (Wildman–Crippen LogP) is 8.15. The van der Waals surface area contributed by atoms with Crippen molar-refractivity contribution in [2.75, 3.05) is 25.7 Å². The molecule has 2 atom stereocenters. The van der Waals surface area contributed by atoms with E-state index in [0.717, 1.165) is 60.7 Å². The van der Waals surface area contributed by atoms with Gasteiger partial charge in [-0.3, -0.25) is 9.59 Å². The number of ketones is 2. The fourth-order valence-electron chi connectivity index (χ4n) is 6.10. The number of anilines is 2. The van der Waals surface area contributed by atoms with Gasteiger partial charge in [-0.2, -0.15) is 35.1 Å². The molecular weight excluding hydrogens is 937 g/mol. The lowest BCUT2D eigenvalue weighted by Crippen LogP contribution is -2.39. The van der Waals surface area contributed by atoms with E-state index in [9.17, 15) is 64.5 Å². The predicted molar refractivity (Wildman–Crippen MR) is 230 cm³/mol. The minimum Gasteiger partial charge on any atom is -0.493 e. The molecule has 0 aromatic heterocycles. The van der Waals surface area contributed by atoms with Crippen LogP contribution in [0.3, 0.4) is 0 Å². The van der Waals surface area contributed by atoms with Gasteiger partial charge in [-0.25, -0.2) is 9.59 Å². The molecule has 364 valence electrons. The van der Waals surface area contributed by atoms with Crippen LogP contribution in [0.25, 0.3) is 12.2 Å². The Labute approximate surface area is 385 Å². The molecule has 22 heteroatoms. The van der Waals surface area contributed by atoms with E-state index in [-0.39, 0.29) is 62.2 Å². The number of alkyl halides is 8. The van der Waals surface area contributed by atoms with Gasteiger partial charge in [-0.15, -0.1) is 0 Å². The lowest BCUT2D eigenvalue weighted by molar-refractivity contribution is -0.253. The SMILES string of the molecule is COc1cc(/C=C/C(=O)C(O)C(c2ccc(N)cc2N)C(O)C(=O)/C=C/c2ccc(OC(=O)c3ccc(OC(F)(F)C(F)F)cc3)c(OC)c2)ccc1OC(=O)c1ccc(OC(F)(F)C(F)F)cc1. The van der Waals surface area contributed by atoms with Crippen LogP contribution in [-0.2, 0) is 9.59 Å². The minimum absolute atomic E-state index is 0.0186. The number of hydrogen-bond acceptors (Lipinski definition) is 14. The molecule has 5 aromatic carbocycles. The van der Waals surface area contributed by atoms with E-state index >= 15 is 0 Å². The zero-order chi connectivity index (χ0) is 50.8. The number of rotatable bonds is 21. The number of esters is 2. The Balaban J connectivity index is 1.28. The first-order valence-corrected chi connectivity index (χ1v) is 19.7. The average Bonchev–Trinajstić information content (AvgIpc) is 3.31. The van der Waals surface area contributed by atoms with E-state index in [0.29, 0.717) is 0 Å². The van der Waals surface area contributed by atoms with Crippen LogP contribution < -0.4 is 39.9 Å². The topological polar surface area (TPSA) is 216 Å². The maximum absolute atomic E-state index is 13.5. The standard InChI is InChI=1S/C47H38F8N2O12/c1-64-37-21-24(5-19-35(37)66-42(62)26-7-12-29(13-8-26)68-46(52,53)44(48)49)3-17-33(58)40(60)39(31-16-11-28(56)23-32(31)57)41(61)34(59)18-4-25-6-20-36(38(22-25)65-2)67-43(63)27-9-14-30(15-10-27)69-47(54,55)45(50)51/h3-23,39-41,44-45,60-61H,56-57H2,1-2H3/b17-3+,18-4+. The van der Waals surface area contributed by atoms with Gasteiger partial charge in [-0.1, -0.05) is 30.4 Å². The summed E-state index contributed by atoms with van der Waals surface area (Å²) in [6.07, 6.45) is -17.6. The lowest BCUT2D eigenvalue weighted by atomic mass is 9.83. The number of carbonyl (C=O) groups is 4. The van der Waals surface area contributed by atoms with Crippen LogP contribution in [0.15, 0.2) is 115 Å². The molecule has 0 spiro atoms. The smallest absolute Gasteiger partial charge is 0.461 e. The van der Waals surface area contributed by atoms with E-state index in [2.05, 4.69) is 9.47 Å². The zero-order valence-corrected chi connectivity index (χ0v) is 35.7. The molecule has 2 unspecified atom stereocenters. The molecule has 0 heterocycles. The first kappa shape index (κ1) is 52.0. The fraction of sp³-hybridized carbons (Fsp3) is 0.191. The number of benzene rings is 5. The molecule has 0 amide bonds.